The lowest BCUT2D eigenvalue weighted by Gasteiger charge is -2.08. The molecule has 0 fully saturated rings. The van der Waals surface area contributed by atoms with E-state index in [4.69, 9.17) is 16.3 Å². The van der Waals surface area contributed by atoms with Gasteiger partial charge < -0.3 is 4.74 Å². The number of halogens is 1. The van der Waals surface area contributed by atoms with E-state index >= 15 is 0 Å². The molecule has 0 amide bonds. The van der Waals surface area contributed by atoms with Crippen molar-refractivity contribution in [1.29, 1.82) is 0 Å². The number of hydrogen-bond donors (Lipinski definition) is 0. The van der Waals surface area contributed by atoms with Crippen LogP contribution in [0.25, 0.3) is 0 Å². The molecule has 1 heterocycles. The quantitative estimate of drug-likeness (QED) is 0.673. The molecule has 0 N–H and O–H groups in total. The predicted octanol–water partition coefficient (Wildman–Crippen LogP) is 2.40. The number of rotatable bonds is 4. The first-order valence-electron chi connectivity index (χ1n) is 3.96. The summed E-state index contributed by atoms with van der Waals surface area (Å²) in [6.07, 6.45) is 3.47. The van der Waals surface area contributed by atoms with E-state index < -0.39 is 0 Å². The summed E-state index contributed by atoms with van der Waals surface area (Å²) in [5.74, 6) is 0. The Morgan fingerprint density at radius 1 is 1.50 bits per heavy atom. The van der Waals surface area contributed by atoms with Crippen molar-refractivity contribution in [3.05, 3.63) is 30.1 Å². The molecule has 0 radical (unpaired) electrons. The van der Waals surface area contributed by atoms with Crippen LogP contribution < -0.4 is 0 Å². The van der Waals surface area contributed by atoms with Gasteiger partial charge >= 0.3 is 0 Å². The lowest BCUT2D eigenvalue weighted by molar-refractivity contribution is 0.147. The summed E-state index contributed by atoms with van der Waals surface area (Å²) >= 11 is 6.03. The largest absolute Gasteiger partial charge is 0.380 e. The summed E-state index contributed by atoms with van der Waals surface area (Å²) in [5, 5.41) is -0.0621. The molecule has 1 atom stereocenters. The second kappa shape index (κ2) is 5.12. The lowest BCUT2D eigenvalue weighted by atomic mass is 10.2. The molecule has 0 aliphatic rings. The van der Waals surface area contributed by atoms with Gasteiger partial charge in [0.1, 0.15) is 0 Å². The van der Waals surface area contributed by atoms with Gasteiger partial charge in [-0.3, -0.25) is 4.98 Å². The van der Waals surface area contributed by atoms with Gasteiger partial charge in [-0.25, -0.2) is 0 Å². The third-order valence-corrected chi connectivity index (χ3v) is 1.91. The highest BCUT2D eigenvalue weighted by atomic mass is 35.5. The first kappa shape index (κ1) is 9.49. The molecule has 0 aliphatic heterocycles. The van der Waals surface area contributed by atoms with E-state index in [9.17, 15) is 0 Å². The number of alkyl halides is 1. The van der Waals surface area contributed by atoms with Crippen LogP contribution in [0.2, 0.25) is 0 Å². The number of nitrogens with zero attached hydrogens (tertiary/aromatic N) is 1. The van der Waals surface area contributed by atoms with Crippen LogP contribution in [-0.4, -0.2) is 18.2 Å². The Kier molecular flexibility index (Phi) is 4.05. The highest BCUT2D eigenvalue weighted by Crippen LogP contribution is 2.19. The van der Waals surface area contributed by atoms with Crippen molar-refractivity contribution < 1.29 is 4.74 Å². The molecule has 1 rings (SSSR count). The van der Waals surface area contributed by atoms with Crippen molar-refractivity contribution in [3.8, 4) is 0 Å². The van der Waals surface area contributed by atoms with Crippen LogP contribution in [0.4, 0.5) is 0 Å². The topological polar surface area (TPSA) is 22.1 Å². The Bertz CT molecular complexity index is 215. The van der Waals surface area contributed by atoms with Crippen LogP contribution in [-0.2, 0) is 4.74 Å². The van der Waals surface area contributed by atoms with Crippen LogP contribution in [0.5, 0.6) is 0 Å². The van der Waals surface area contributed by atoms with Gasteiger partial charge in [-0.05, 0) is 24.6 Å². The molecule has 0 bridgehead atoms. The first-order chi connectivity index (χ1) is 5.84. The molecule has 0 spiro atoms. The molecule has 0 saturated heterocycles. The van der Waals surface area contributed by atoms with Crippen LogP contribution >= 0.6 is 11.6 Å². The normalized spacial score (nSPS) is 12.8. The fourth-order valence-electron chi connectivity index (χ4n) is 0.890. The van der Waals surface area contributed by atoms with Gasteiger partial charge in [0.25, 0.3) is 0 Å². The Balaban J connectivity index is 2.48. The molecule has 1 aromatic rings. The molecule has 2 nitrogen and oxygen atoms in total. The average molecular weight is 186 g/mol. The number of ether oxygens (including phenoxy) is 1. The molecule has 3 heteroatoms. The summed E-state index contributed by atoms with van der Waals surface area (Å²) in [6.45, 7) is 3.21. The third kappa shape index (κ3) is 2.80. The molecule has 1 aromatic heterocycles. The monoisotopic (exact) mass is 185 g/mol. The van der Waals surface area contributed by atoms with Crippen LogP contribution in [0.3, 0.4) is 0 Å². The maximum Gasteiger partial charge on any atom is 0.0820 e. The summed E-state index contributed by atoms with van der Waals surface area (Å²) in [7, 11) is 0. The van der Waals surface area contributed by atoms with Gasteiger partial charge in [0, 0.05) is 19.0 Å². The Labute approximate surface area is 77.5 Å². The minimum absolute atomic E-state index is 0.0621. The zero-order valence-electron chi connectivity index (χ0n) is 7.03. The molecule has 66 valence electrons. The van der Waals surface area contributed by atoms with Gasteiger partial charge in [-0.2, -0.15) is 0 Å². The standard InChI is InChI=1S/C9H12ClNO/c1-2-12-7-9(10)8-3-5-11-6-4-8/h3-6,9H,2,7H2,1H3. The van der Waals surface area contributed by atoms with E-state index in [1.54, 1.807) is 12.4 Å². The van der Waals surface area contributed by atoms with Crippen molar-refractivity contribution in [2.24, 2.45) is 0 Å². The number of aromatic nitrogens is 1. The molecule has 1 unspecified atom stereocenters. The van der Waals surface area contributed by atoms with Crippen molar-refractivity contribution in [1.82, 2.24) is 4.98 Å². The van der Waals surface area contributed by atoms with Gasteiger partial charge in [0.2, 0.25) is 0 Å². The van der Waals surface area contributed by atoms with Gasteiger partial charge in [-0.15, -0.1) is 11.6 Å². The highest BCUT2D eigenvalue weighted by Gasteiger charge is 2.05. The lowest BCUT2D eigenvalue weighted by Crippen LogP contribution is -2.01. The van der Waals surface area contributed by atoms with E-state index in [0.29, 0.717) is 13.2 Å². The minimum Gasteiger partial charge on any atom is -0.380 e. The maximum absolute atomic E-state index is 6.03. The summed E-state index contributed by atoms with van der Waals surface area (Å²) in [4.78, 5) is 3.91. The predicted molar refractivity (Wildman–Crippen MR) is 49.3 cm³/mol. The van der Waals surface area contributed by atoms with Gasteiger partial charge in [0.15, 0.2) is 0 Å². The highest BCUT2D eigenvalue weighted by molar-refractivity contribution is 6.20. The van der Waals surface area contributed by atoms with E-state index in [2.05, 4.69) is 4.98 Å². The summed E-state index contributed by atoms with van der Waals surface area (Å²) < 4.78 is 5.20. The van der Waals surface area contributed by atoms with Crippen LogP contribution in [0.1, 0.15) is 17.9 Å². The molecular weight excluding hydrogens is 174 g/mol. The van der Waals surface area contributed by atoms with Crippen molar-refractivity contribution >= 4 is 11.6 Å². The smallest absolute Gasteiger partial charge is 0.0820 e. The molecule has 0 saturated carbocycles. The Hall–Kier alpha value is -0.600. The SMILES string of the molecule is CCOCC(Cl)c1ccncc1. The van der Waals surface area contributed by atoms with Crippen LogP contribution in [0, 0.1) is 0 Å². The molecular formula is C9H12ClNO. The van der Waals surface area contributed by atoms with Crippen LogP contribution in [0.15, 0.2) is 24.5 Å². The Morgan fingerprint density at radius 3 is 2.75 bits per heavy atom. The number of hydrogen-bond acceptors (Lipinski definition) is 2. The summed E-state index contributed by atoms with van der Waals surface area (Å²) in [5.41, 5.74) is 1.06. The second-order valence-electron chi connectivity index (χ2n) is 2.41. The van der Waals surface area contributed by atoms with E-state index in [1.807, 2.05) is 19.1 Å². The summed E-state index contributed by atoms with van der Waals surface area (Å²) in [6, 6.07) is 3.80. The van der Waals surface area contributed by atoms with Crippen molar-refractivity contribution in [3.63, 3.8) is 0 Å². The minimum atomic E-state index is -0.0621. The van der Waals surface area contributed by atoms with E-state index in [0.717, 1.165) is 5.56 Å². The van der Waals surface area contributed by atoms with Crippen molar-refractivity contribution in [2.75, 3.05) is 13.2 Å². The average Bonchev–Trinajstić information content (AvgIpc) is 2.15. The molecule has 12 heavy (non-hydrogen) atoms. The van der Waals surface area contributed by atoms with Gasteiger partial charge in [-0.1, -0.05) is 0 Å². The number of pyridine rings is 1. The zero-order valence-corrected chi connectivity index (χ0v) is 7.79. The van der Waals surface area contributed by atoms with E-state index in [-0.39, 0.29) is 5.38 Å². The fourth-order valence-corrected chi connectivity index (χ4v) is 1.12. The van der Waals surface area contributed by atoms with E-state index in [1.165, 1.54) is 0 Å². The fraction of sp³-hybridized carbons (Fsp3) is 0.444. The first-order valence-corrected chi connectivity index (χ1v) is 4.40. The van der Waals surface area contributed by atoms with Gasteiger partial charge in [0.05, 0.1) is 12.0 Å². The Morgan fingerprint density at radius 2 is 2.17 bits per heavy atom. The molecule has 0 aromatic carbocycles. The van der Waals surface area contributed by atoms with Crippen molar-refractivity contribution in [2.45, 2.75) is 12.3 Å². The second-order valence-corrected chi connectivity index (χ2v) is 2.93. The molecule has 0 aliphatic carbocycles. The zero-order chi connectivity index (χ0) is 8.81. The third-order valence-electron chi connectivity index (χ3n) is 1.54. The maximum atomic E-state index is 6.03.